The van der Waals surface area contributed by atoms with E-state index in [1.54, 1.807) is 36.4 Å². The smallest absolute Gasteiger partial charge is 0.256 e. The van der Waals surface area contributed by atoms with Crippen molar-refractivity contribution in [3.05, 3.63) is 59.3 Å². The summed E-state index contributed by atoms with van der Waals surface area (Å²) in [6.45, 7) is 3.22. The lowest BCUT2D eigenvalue weighted by Crippen LogP contribution is -2.28. The normalized spacial score (nSPS) is 14.5. The zero-order valence-electron chi connectivity index (χ0n) is 11.6. The molecule has 0 spiro atoms. The molecule has 1 aliphatic rings. The van der Waals surface area contributed by atoms with Crippen LogP contribution >= 0.6 is 11.6 Å². The zero-order valence-corrected chi connectivity index (χ0v) is 12.4. The Morgan fingerprint density at radius 1 is 1.27 bits per heavy atom. The zero-order chi connectivity index (χ0) is 16.1. The van der Waals surface area contributed by atoms with Crippen molar-refractivity contribution in [1.82, 2.24) is 4.90 Å². The molecule has 1 aliphatic heterocycles. The molecule has 0 saturated heterocycles. The van der Waals surface area contributed by atoms with E-state index in [9.17, 15) is 8.78 Å². The van der Waals surface area contributed by atoms with E-state index in [1.165, 1.54) is 4.90 Å². The fraction of sp³-hybridized carbons (Fsp3) is 0.188. The predicted octanol–water partition coefficient (Wildman–Crippen LogP) is 4.15. The van der Waals surface area contributed by atoms with Gasteiger partial charge in [0, 0.05) is 5.70 Å². The lowest BCUT2D eigenvalue weighted by atomic mass is 10.1. The average molecular weight is 323 g/mol. The van der Waals surface area contributed by atoms with E-state index in [0.717, 1.165) is 5.56 Å². The second-order valence-corrected chi connectivity index (χ2v) is 4.89. The highest BCUT2D eigenvalue weighted by atomic mass is 35.5. The van der Waals surface area contributed by atoms with E-state index in [2.05, 4.69) is 6.58 Å². The molecule has 3 nitrogen and oxygen atoms in total. The highest BCUT2D eigenvalue weighted by molar-refractivity contribution is 6.32. The first-order valence-corrected chi connectivity index (χ1v) is 6.83. The Balaban J connectivity index is 2.28. The van der Waals surface area contributed by atoms with Crippen molar-refractivity contribution in [2.45, 2.75) is 6.43 Å². The Hall–Kier alpha value is -2.32. The van der Waals surface area contributed by atoms with Gasteiger partial charge >= 0.3 is 0 Å². The first-order valence-electron chi connectivity index (χ1n) is 6.45. The molecule has 1 aromatic rings. The van der Waals surface area contributed by atoms with E-state index in [4.69, 9.17) is 21.6 Å². The Morgan fingerprint density at radius 3 is 2.55 bits per heavy atom. The van der Waals surface area contributed by atoms with Crippen molar-refractivity contribution in [3.8, 4) is 11.8 Å². The Morgan fingerprint density at radius 2 is 1.95 bits per heavy atom. The fourth-order valence-electron chi connectivity index (χ4n) is 2.05. The van der Waals surface area contributed by atoms with Crippen LogP contribution in [0.1, 0.15) is 5.56 Å². The number of hydrogen-bond acceptors (Lipinski definition) is 3. The van der Waals surface area contributed by atoms with E-state index >= 15 is 0 Å². The van der Waals surface area contributed by atoms with E-state index < -0.39 is 13.0 Å². The maximum absolute atomic E-state index is 12.8. The van der Waals surface area contributed by atoms with Crippen molar-refractivity contribution < 1.29 is 13.5 Å². The molecular weight excluding hydrogens is 310 g/mol. The molecule has 2 rings (SSSR count). The maximum atomic E-state index is 12.8. The largest absolute Gasteiger partial charge is 0.479 e. The standard InChI is InChI=1S/C16H13ClF2N2O/c1-11-14(17)6-7-15(21(11)10-16(18)19)12-2-4-13(5-3-12)22-9-8-20/h2-7,16H,1,9-10H2. The minimum Gasteiger partial charge on any atom is -0.479 e. The number of hydrogen-bond donors (Lipinski definition) is 0. The number of nitrogens with zero attached hydrogens (tertiary/aromatic N) is 2. The second kappa shape index (κ2) is 7.10. The maximum Gasteiger partial charge on any atom is 0.256 e. The summed E-state index contributed by atoms with van der Waals surface area (Å²) in [7, 11) is 0. The molecule has 114 valence electrons. The summed E-state index contributed by atoms with van der Waals surface area (Å²) in [6.07, 6.45) is 0.784. The quantitative estimate of drug-likeness (QED) is 0.817. The van der Waals surface area contributed by atoms with Crippen molar-refractivity contribution in [2.75, 3.05) is 13.2 Å². The van der Waals surface area contributed by atoms with Crippen LogP contribution in [0.5, 0.6) is 5.75 Å². The SMILES string of the molecule is C=C1C(Cl)=CC=C(c2ccc(OCC#N)cc2)N1CC(F)F. The third-order valence-electron chi connectivity index (χ3n) is 3.05. The summed E-state index contributed by atoms with van der Waals surface area (Å²) >= 11 is 5.96. The average Bonchev–Trinajstić information content (AvgIpc) is 2.50. The predicted molar refractivity (Wildman–Crippen MR) is 81.3 cm³/mol. The lowest BCUT2D eigenvalue weighted by Gasteiger charge is -2.31. The van der Waals surface area contributed by atoms with E-state index in [0.29, 0.717) is 22.2 Å². The van der Waals surface area contributed by atoms with Crippen LogP contribution in [0.25, 0.3) is 5.70 Å². The van der Waals surface area contributed by atoms with Crippen molar-refractivity contribution in [2.24, 2.45) is 0 Å². The van der Waals surface area contributed by atoms with Crippen LogP contribution in [-0.4, -0.2) is 24.5 Å². The van der Waals surface area contributed by atoms with Gasteiger partial charge in [-0.2, -0.15) is 5.26 Å². The monoisotopic (exact) mass is 322 g/mol. The van der Waals surface area contributed by atoms with Crippen LogP contribution in [0.4, 0.5) is 8.78 Å². The Bertz CT molecular complexity index is 660. The fourth-order valence-corrected chi connectivity index (χ4v) is 2.21. The molecule has 0 amide bonds. The molecule has 0 atom stereocenters. The number of allylic oxidation sites excluding steroid dienone is 3. The van der Waals surface area contributed by atoms with Crippen molar-refractivity contribution in [3.63, 3.8) is 0 Å². The molecular formula is C16H13ClF2N2O. The third-order valence-corrected chi connectivity index (χ3v) is 3.40. The minimum absolute atomic E-state index is 0.0469. The van der Waals surface area contributed by atoms with Crippen LogP contribution in [0.3, 0.4) is 0 Å². The summed E-state index contributed by atoms with van der Waals surface area (Å²) in [5.41, 5.74) is 1.65. The highest BCUT2D eigenvalue weighted by Crippen LogP contribution is 2.33. The minimum atomic E-state index is -2.51. The van der Waals surface area contributed by atoms with Crippen LogP contribution in [0.15, 0.2) is 53.7 Å². The summed E-state index contributed by atoms with van der Waals surface area (Å²) in [6, 6.07) is 8.70. The summed E-state index contributed by atoms with van der Waals surface area (Å²) in [4.78, 5) is 1.39. The molecule has 0 unspecified atom stereocenters. The van der Waals surface area contributed by atoms with Gasteiger partial charge in [-0.15, -0.1) is 0 Å². The summed E-state index contributed by atoms with van der Waals surface area (Å²) < 4.78 is 30.7. The van der Waals surface area contributed by atoms with Gasteiger partial charge in [-0.3, -0.25) is 0 Å². The van der Waals surface area contributed by atoms with Gasteiger partial charge in [0.25, 0.3) is 6.43 Å². The van der Waals surface area contributed by atoms with E-state index in [-0.39, 0.29) is 6.61 Å². The molecule has 0 saturated carbocycles. The molecule has 0 N–H and O–H groups in total. The Labute approximate surface area is 132 Å². The number of alkyl halides is 2. The third kappa shape index (κ3) is 3.66. The molecule has 0 radical (unpaired) electrons. The van der Waals surface area contributed by atoms with Gasteiger partial charge in [0.2, 0.25) is 0 Å². The van der Waals surface area contributed by atoms with Gasteiger partial charge in [0.15, 0.2) is 6.61 Å². The van der Waals surface area contributed by atoms with Crippen LogP contribution in [0.2, 0.25) is 0 Å². The molecule has 6 heteroatoms. The second-order valence-electron chi connectivity index (χ2n) is 4.49. The molecule has 0 fully saturated rings. The van der Waals surface area contributed by atoms with E-state index in [1.807, 2.05) is 6.07 Å². The molecule has 22 heavy (non-hydrogen) atoms. The molecule has 0 aromatic heterocycles. The molecule has 1 heterocycles. The number of benzene rings is 1. The number of rotatable bonds is 5. The van der Waals surface area contributed by atoms with Gasteiger partial charge in [0.05, 0.1) is 17.3 Å². The van der Waals surface area contributed by atoms with Crippen molar-refractivity contribution in [1.29, 1.82) is 5.26 Å². The topological polar surface area (TPSA) is 36.3 Å². The molecule has 1 aromatic carbocycles. The van der Waals surface area contributed by atoms with Gasteiger partial charge in [-0.25, -0.2) is 8.78 Å². The molecule has 0 aliphatic carbocycles. The van der Waals surface area contributed by atoms with Crippen LogP contribution in [0, 0.1) is 11.3 Å². The summed E-state index contributed by atoms with van der Waals surface area (Å²) in [5.74, 6) is 0.537. The highest BCUT2D eigenvalue weighted by Gasteiger charge is 2.23. The van der Waals surface area contributed by atoms with Crippen LogP contribution in [-0.2, 0) is 0 Å². The summed E-state index contributed by atoms with van der Waals surface area (Å²) in [5, 5.41) is 8.80. The van der Waals surface area contributed by atoms with Gasteiger partial charge in [0.1, 0.15) is 11.8 Å². The van der Waals surface area contributed by atoms with Crippen molar-refractivity contribution >= 4 is 17.3 Å². The molecule has 0 bridgehead atoms. The number of ether oxygens (including phenoxy) is 1. The first kappa shape index (κ1) is 16.1. The van der Waals surface area contributed by atoms with Gasteiger partial charge in [-0.1, -0.05) is 18.2 Å². The van der Waals surface area contributed by atoms with Gasteiger partial charge < -0.3 is 9.64 Å². The van der Waals surface area contributed by atoms with Gasteiger partial charge in [-0.05, 0) is 42.0 Å². The Kier molecular flexibility index (Phi) is 5.18. The lowest BCUT2D eigenvalue weighted by molar-refractivity contribution is 0.123. The number of halogens is 3. The van der Waals surface area contributed by atoms with Crippen LogP contribution < -0.4 is 4.74 Å². The first-order chi connectivity index (χ1) is 10.5. The number of nitriles is 1.